The summed E-state index contributed by atoms with van der Waals surface area (Å²) < 4.78 is 299. The first-order chi connectivity index (χ1) is 44.6. The summed E-state index contributed by atoms with van der Waals surface area (Å²) in [5, 5.41) is 0. The molecule has 0 aliphatic carbocycles. The molecule has 0 radical (unpaired) electrons. The fourth-order valence-corrected chi connectivity index (χ4v) is 10.8. The second-order valence-electron chi connectivity index (χ2n) is 21.0. The standard InChI is InChI=1S/C72H44BF16O4/c1-5-38-16-22-41(23-17-38)33-90-69-61(82)53(74)49(54(75)62(69)83)73(50-55(76)63(84)70(64(85)56(50)77)91-34-42-24-18-39(6-2)19-25-42,51-57(78)65(86)71(66(87)58(51)79)92-35-43-26-20-40(7-3)21-27-43)52-59(80)67(88)72(68(89)60(52)81)93-36-44-28-30-45(31-29-44)37(4)47-14-11-15-48(32-47)46-12-9-8-10-13-46/h5-32H,1-4,33-36H2/q-1. The van der Waals surface area contributed by atoms with Crippen LogP contribution in [0.5, 0.6) is 23.0 Å². The highest BCUT2D eigenvalue weighted by Crippen LogP contribution is 2.38. The van der Waals surface area contributed by atoms with Gasteiger partial charge in [-0.1, -0.05) is 190 Å². The van der Waals surface area contributed by atoms with E-state index in [4.69, 9.17) is 18.9 Å². The summed E-state index contributed by atoms with van der Waals surface area (Å²) in [4.78, 5) is 0. The molecule has 0 saturated heterocycles. The maximum atomic E-state index is 17.9. The Hall–Kier alpha value is -10.7. The third-order valence-electron chi connectivity index (χ3n) is 15.6. The molecule has 93 heavy (non-hydrogen) atoms. The van der Waals surface area contributed by atoms with Crippen LogP contribution in [-0.4, -0.2) is 6.15 Å². The molecule has 0 unspecified atom stereocenters. The lowest BCUT2D eigenvalue weighted by Gasteiger charge is -2.45. The number of hydrogen-bond donors (Lipinski definition) is 0. The molecule has 10 aromatic carbocycles. The lowest BCUT2D eigenvalue weighted by molar-refractivity contribution is 0.261. The zero-order valence-electron chi connectivity index (χ0n) is 48.1. The van der Waals surface area contributed by atoms with Gasteiger partial charge in [0.15, 0.2) is 23.0 Å². The largest absolute Gasteiger partial charge is 0.483 e. The average Bonchev–Trinajstić information content (AvgIpc) is 0.681. The fourth-order valence-electron chi connectivity index (χ4n) is 10.8. The summed E-state index contributed by atoms with van der Waals surface area (Å²) in [7, 11) is 0. The number of benzene rings is 10. The van der Waals surface area contributed by atoms with Gasteiger partial charge in [-0.2, -0.15) is 35.1 Å². The van der Waals surface area contributed by atoms with Crippen LogP contribution < -0.4 is 40.8 Å². The van der Waals surface area contributed by atoms with E-state index < -0.39 is 170 Å². The minimum Gasteiger partial charge on any atom is -0.483 e. The van der Waals surface area contributed by atoms with Crippen molar-refractivity contribution in [1.29, 1.82) is 0 Å². The van der Waals surface area contributed by atoms with Crippen molar-refractivity contribution in [2.75, 3.05) is 0 Å². The van der Waals surface area contributed by atoms with Crippen molar-refractivity contribution in [2.24, 2.45) is 0 Å². The molecule has 0 bridgehead atoms. The van der Waals surface area contributed by atoms with E-state index in [9.17, 15) is 0 Å². The van der Waals surface area contributed by atoms with Crippen LogP contribution in [0.1, 0.15) is 50.1 Å². The number of ether oxygens (including phenoxy) is 4. The van der Waals surface area contributed by atoms with Gasteiger partial charge in [-0.15, -0.1) is 21.9 Å². The van der Waals surface area contributed by atoms with Gasteiger partial charge in [0.25, 0.3) is 0 Å². The van der Waals surface area contributed by atoms with Crippen LogP contribution in [0.15, 0.2) is 178 Å². The van der Waals surface area contributed by atoms with Crippen LogP contribution >= 0.6 is 0 Å². The van der Waals surface area contributed by atoms with Gasteiger partial charge in [-0.3, -0.25) is 0 Å². The first-order valence-electron chi connectivity index (χ1n) is 27.8. The van der Waals surface area contributed by atoms with Crippen molar-refractivity contribution in [2.45, 2.75) is 26.4 Å². The predicted molar refractivity (Wildman–Crippen MR) is 323 cm³/mol. The Morgan fingerprint density at radius 2 is 0.548 bits per heavy atom. The highest BCUT2D eigenvalue weighted by Gasteiger charge is 2.53. The third kappa shape index (κ3) is 12.1. The van der Waals surface area contributed by atoms with Gasteiger partial charge in [0, 0.05) is 0 Å². The Bertz CT molecular complexity index is 4170. The minimum absolute atomic E-state index is 0.0265. The lowest BCUT2D eigenvalue weighted by Crippen LogP contribution is -2.81. The van der Waals surface area contributed by atoms with Crippen molar-refractivity contribution in [3.05, 3.63) is 321 Å². The number of hydrogen-bond acceptors (Lipinski definition) is 4. The van der Waals surface area contributed by atoms with E-state index in [0.717, 1.165) is 11.1 Å². The molecule has 472 valence electrons. The second-order valence-corrected chi connectivity index (χ2v) is 21.0. The predicted octanol–water partition coefficient (Wildman–Crippen LogP) is 17.3. The molecule has 0 spiro atoms. The van der Waals surface area contributed by atoms with Crippen LogP contribution in [-0.2, 0) is 26.4 Å². The zero-order valence-corrected chi connectivity index (χ0v) is 48.1. The summed E-state index contributed by atoms with van der Waals surface area (Å²) in [6.45, 7) is 10.6. The number of rotatable bonds is 22. The van der Waals surface area contributed by atoms with Crippen molar-refractivity contribution >= 4 is 51.8 Å². The third-order valence-corrected chi connectivity index (χ3v) is 15.6. The molecule has 0 aliphatic rings. The molecule has 10 rings (SSSR count). The molecule has 0 aromatic heterocycles. The molecular weight excluding hydrogens is 1240 g/mol. The summed E-state index contributed by atoms with van der Waals surface area (Å²) in [6.07, 6.45) is -3.04. The van der Waals surface area contributed by atoms with Crippen molar-refractivity contribution < 1.29 is 89.2 Å². The summed E-state index contributed by atoms with van der Waals surface area (Å²) in [5.41, 5.74) is -8.32. The molecule has 0 atom stereocenters. The van der Waals surface area contributed by atoms with Gasteiger partial charge in [0.05, 0.1) is 0 Å². The molecule has 21 heteroatoms. The van der Waals surface area contributed by atoms with Gasteiger partial charge >= 0.3 is 0 Å². The first-order valence-corrected chi connectivity index (χ1v) is 27.8. The summed E-state index contributed by atoms with van der Waals surface area (Å²) in [6, 6.07) is 37.6. The Kier molecular flexibility index (Phi) is 19.0. The van der Waals surface area contributed by atoms with Crippen LogP contribution in [0.3, 0.4) is 0 Å². The molecule has 0 N–H and O–H groups in total. The van der Waals surface area contributed by atoms with Gasteiger partial charge in [-0.05, 0) is 72.8 Å². The number of halogens is 16. The van der Waals surface area contributed by atoms with E-state index in [1.54, 1.807) is 12.1 Å². The van der Waals surface area contributed by atoms with Crippen molar-refractivity contribution in [3.8, 4) is 34.1 Å². The summed E-state index contributed by atoms with van der Waals surface area (Å²) in [5.74, 6) is -58.9. The molecular formula is C72H44BF16O4-. The fraction of sp³-hybridized carbons (Fsp3) is 0.0556. The van der Waals surface area contributed by atoms with E-state index in [2.05, 4.69) is 26.3 Å². The topological polar surface area (TPSA) is 36.9 Å². The van der Waals surface area contributed by atoms with Gasteiger partial charge in [-0.25, -0.2) is 35.1 Å². The van der Waals surface area contributed by atoms with E-state index >= 15 is 70.2 Å². The van der Waals surface area contributed by atoms with E-state index in [1.165, 1.54) is 115 Å². The maximum absolute atomic E-state index is 17.9. The lowest BCUT2D eigenvalue weighted by atomic mass is 9.12. The maximum Gasteiger partial charge on any atom is 0.200 e. The monoisotopic (exact) mass is 1290 g/mol. The Morgan fingerprint density at radius 1 is 0.290 bits per heavy atom. The quantitative estimate of drug-likeness (QED) is 0.0385. The molecule has 0 saturated carbocycles. The van der Waals surface area contributed by atoms with Gasteiger partial charge in [0.2, 0.25) is 46.5 Å². The van der Waals surface area contributed by atoms with Crippen LogP contribution in [0.25, 0.3) is 34.9 Å². The molecule has 0 fully saturated rings. The Labute approximate surface area is 520 Å². The SMILES string of the molecule is C=Cc1ccc(COc2c(F)c(F)c([B-](c3c(F)c(F)c(OCc4ccc(C=C)cc4)c(F)c3F)(c3c(F)c(F)c(OCc4ccc(C=C)cc4)c(F)c3F)c3c(F)c(F)c(OCc4ccc(C(=C)c5cccc(-c6ccccc6)c5)cc4)c(F)c3F)c(F)c2F)cc1. The van der Waals surface area contributed by atoms with E-state index in [1.807, 2.05) is 42.5 Å². The smallest absolute Gasteiger partial charge is 0.200 e. The van der Waals surface area contributed by atoms with Crippen LogP contribution in [0.4, 0.5) is 70.2 Å². The molecule has 10 aromatic rings. The van der Waals surface area contributed by atoms with Crippen molar-refractivity contribution in [1.82, 2.24) is 0 Å². The van der Waals surface area contributed by atoms with Crippen LogP contribution in [0, 0.1) is 93.1 Å². The molecule has 0 heterocycles. The second kappa shape index (κ2) is 27.0. The van der Waals surface area contributed by atoms with Gasteiger partial charge in [0.1, 0.15) is 79.1 Å². The molecule has 4 nitrogen and oxygen atoms in total. The van der Waals surface area contributed by atoms with Gasteiger partial charge < -0.3 is 18.9 Å². The summed E-state index contributed by atoms with van der Waals surface area (Å²) >= 11 is 0. The minimum atomic E-state index is -7.12. The van der Waals surface area contributed by atoms with E-state index in [-0.39, 0.29) is 22.3 Å². The van der Waals surface area contributed by atoms with E-state index in [0.29, 0.717) is 33.4 Å². The Morgan fingerprint density at radius 3 is 0.817 bits per heavy atom. The zero-order chi connectivity index (χ0) is 66.7. The first kappa shape index (κ1) is 65.3. The Balaban J connectivity index is 1.20. The highest BCUT2D eigenvalue weighted by atomic mass is 19.2. The normalized spacial score (nSPS) is 11.4. The average molecular weight is 1290 g/mol. The van der Waals surface area contributed by atoms with Crippen molar-refractivity contribution in [3.63, 3.8) is 0 Å². The highest BCUT2D eigenvalue weighted by molar-refractivity contribution is 7.20. The molecule has 0 amide bonds. The van der Waals surface area contributed by atoms with Crippen LogP contribution in [0.2, 0.25) is 0 Å². The molecule has 0 aliphatic heterocycles.